The van der Waals surface area contributed by atoms with E-state index in [2.05, 4.69) is 48.6 Å². The third-order valence-corrected chi connectivity index (χ3v) is 3.43. The van der Waals surface area contributed by atoms with Gasteiger partial charge >= 0.3 is 0 Å². The number of amides is 2. The van der Waals surface area contributed by atoms with Crippen molar-refractivity contribution in [3.63, 3.8) is 0 Å². The lowest BCUT2D eigenvalue weighted by atomic mass is 10.1. The third-order valence-electron chi connectivity index (χ3n) is 3.43. The zero-order chi connectivity index (χ0) is 16.5. The van der Waals surface area contributed by atoms with Crippen LogP contribution in [0.4, 0.5) is 0 Å². The van der Waals surface area contributed by atoms with E-state index < -0.39 is 0 Å². The average molecular weight is 379 g/mol. The molecule has 0 aliphatic rings. The molecule has 0 saturated heterocycles. The fraction of sp³-hybridized carbons (Fsp3) is 0.500. The molecule has 0 spiro atoms. The Bertz CT molecular complexity index is 513. The molecule has 0 radical (unpaired) electrons. The number of carbonyl (C=O) groups excluding carboxylic acids is 2. The zero-order valence-corrected chi connectivity index (χ0v) is 16.0. The Kier molecular flexibility index (Phi) is 13.5. The number of nitrogens with zero attached hydrogens (tertiary/aromatic N) is 1. The second-order valence-electron chi connectivity index (χ2n) is 5.59. The van der Waals surface area contributed by atoms with Gasteiger partial charge in [-0.25, -0.2) is 0 Å². The normalized spacial score (nSPS) is 9.92. The molecule has 0 bridgehead atoms. The summed E-state index contributed by atoms with van der Waals surface area (Å²) in [4.78, 5) is 24.8. The zero-order valence-electron chi connectivity index (χ0n) is 14.4. The van der Waals surface area contributed by atoms with Crippen molar-refractivity contribution in [3.8, 4) is 0 Å². The van der Waals surface area contributed by atoms with Gasteiger partial charge in [0.15, 0.2) is 0 Å². The highest BCUT2D eigenvalue weighted by molar-refractivity contribution is 5.86. The number of benzene rings is 1. The van der Waals surface area contributed by atoms with Crippen molar-refractivity contribution in [1.29, 1.82) is 0 Å². The first-order valence-corrected chi connectivity index (χ1v) is 7.44. The summed E-state index contributed by atoms with van der Waals surface area (Å²) in [6.07, 6.45) is 0. The van der Waals surface area contributed by atoms with Gasteiger partial charge in [-0.1, -0.05) is 24.3 Å². The molecule has 1 aromatic rings. The highest BCUT2D eigenvalue weighted by atomic mass is 35.5. The molecule has 138 valence electrons. The summed E-state index contributed by atoms with van der Waals surface area (Å²) >= 11 is 0. The SMILES string of the molecule is CC(C)N(C)Cc1cccc(CNC(=O)CNC(=O)CN)c1.Cl.Cl. The summed E-state index contributed by atoms with van der Waals surface area (Å²) in [6, 6.07) is 8.59. The van der Waals surface area contributed by atoms with Crippen LogP contribution >= 0.6 is 24.8 Å². The van der Waals surface area contributed by atoms with E-state index in [1.807, 2.05) is 12.1 Å². The Balaban J connectivity index is 0. The highest BCUT2D eigenvalue weighted by Gasteiger charge is 2.06. The fourth-order valence-corrected chi connectivity index (χ4v) is 1.82. The van der Waals surface area contributed by atoms with Crippen molar-refractivity contribution in [3.05, 3.63) is 35.4 Å². The maximum atomic E-state index is 11.6. The van der Waals surface area contributed by atoms with Crippen LogP contribution < -0.4 is 16.4 Å². The Morgan fingerprint density at radius 1 is 1.12 bits per heavy atom. The van der Waals surface area contributed by atoms with Gasteiger partial charge in [0.05, 0.1) is 13.1 Å². The topological polar surface area (TPSA) is 87.5 Å². The molecule has 0 aliphatic carbocycles. The monoisotopic (exact) mass is 378 g/mol. The minimum atomic E-state index is -0.339. The second kappa shape index (κ2) is 13.0. The first-order valence-electron chi connectivity index (χ1n) is 7.44. The average Bonchev–Trinajstić information content (AvgIpc) is 2.50. The van der Waals surface area contributed by atoms with Gasteiger partial charge in [-0.05, 0) is 32.0 Å². The van der Waals surface area contributed by atoms with E-state index >= 15 is 0 Å². The molecule has 0 aromatic heterocycles. The molecule has 0 heterocycles. The van der Waals surface area contributed by atoms with Crippen LogP contribution in [0.3, 0.4) is 0 Å². The molecule has 0 atom stereocenters. The maximum absolute atomic E-state index is 11.6. The summed E-state index contributed by atoms with van der Waals surface area (Å²) in [5.41, 5.74) is 7.40. The molecule has 0 unspecified atom stereocenters. The van der Waals surface area contributed by atoms with Crippen molar-refractivity contribution in [2.75, 3.05) is 20.1 Å². The molecule has 0 fully saturated rings. The van der Waals surface area contributed by atoms with Crippen LogP contribution in [-0.2, 0) is 22.7 Å². The molecule has 8 heteroatoms. The van der Waals surface area contributed by atoms with E-state index in [1.54, 1.807) is 0 Å². The summed E-state index contributed by atoms with van der Waals surface area (Å²) < 4.78 is 0. The van der Waals surface area contributed by atoms with E-state index in [1.165, 1.54) is 5.56 Å². The minimum Gasteiger partial charge on any atom is -0.350 e. The Hall–Kier alpha value is -1.34. The van der Waals surface area contributed by atoms with Crippen LogP contribution in [0.2, 0.25) is 0 Å². The van der Waals surface area contributed by atoms with Crippen molar-refractivity contribution < 1.29 is 9.59 Å². The van der Waals surface area contributed by atoms with Gasteiger partial charge in [-0.2, -0.15) is 0 Å². The number of nitrogens with two attached hydrogens (primary N) is 1. The quantitative estimate of drug-likeness (QED) is 0.631. The van der Waals surface area contributed by atoms with Crippen LogP contribution in [0.15, 0.2) is 24.3 Å². The van der Waals surface area contributed by atoms with Gasteiger partial charge in [0.1, 0.15) is 0 Å². The summed E-state index contributed by atoms with van der Waals surface area (Å²) in [7, 11) is 2.08. The lowest BCUT2D eigenvalue weighted by Gasteiger charge is -2.21. The van der Waals surface area contributed by atoms with Crippen molar-refractivity contribution in [1.82, 2.24) is 15.5 Å². The van der Waals surface area contributed by atoms with E-state index in [4.69, 9.17) is 5.73 Å². The molecular formula is C16H28Cl2N4O2. The van der Waals surface area contributed by atoms with Crippen molar-refractivity contribution in [2.45, 2.75) is 33.0 Å². The molecule has 0 aliphatic heterocycles. The summed E-state index contributed by atoms with van der Waals surface area (Å²) in [5.74, 6) is -0.569. The molecule has 0 saturated carbocycles. The van der Waals surface area contributed by atoms with E-state index in [0.717, 1.165) is 12.1 Å². The smallest absolute Gasteiger partial charge is 0.239 e. The predicted molar refractivity (Wildman–Crippen MR) is 101 cm³/mol. The summed E-state index contributed by atoms with van der Waals surface area (Å²) in [5, 5.41) is 5.21. The van der Waals surface area contributed by atoms with Crippen molar-refractivity contribution >= 4 is 36.6 Å². The van der Waals surface area contributed by atoms with E-state index in [-0.39, 0.29) is 49.7 Å². The predicted octanol–water partition coefficient (Wildman–Crippen LogP) is 1.06. The van der Waals surface area contributed by atoms with E-state index in [0.29, 0.717) is 12.6 Å². The molecule has 2 amide bonds. The Labute approximate surface area is 156 Å². The van der Waals surface area contributed by atoms with Gasteiger partial charge < -0.3 is 16.4 Å². The van der Waals surface area contributed by atoms with Gasteiger partial charge in [0, 0.05) is 19.1 Å². The van der Waals surface area contributed by atoms with E-state index in [9.17, 15) is 9.59 Å². The van der Waals surface area contributed by atoms with Gasteiger partial charge in [0.2, 0.25) is 11.8 Å². The fourth-order valence-electron chi connectivity index (χ4n) is 1.82. The van der Waals surface area contributed by atoms with Crippen LogP contribution in [0.1, 0.15) is 25.0 Å². The number of hydrogen-bond donors (Lipinski definition) is 3. The van der Waals surface area contributed by atoms with Gasteiger partial charge in [-0.15, -0.1) is 24.8 Å². The van der Waals surface area contributed by atoms with Crippen molar-refractivity contribution in [2.24, 2.45) is 5.73 Å². The van der Waals surface area contributed by atoms with Crippen LogP contribution in [0.5, 0.6) is 0 Å². The standard InChI is InChI=1S/C16H26N4O2.2ClH/c1-12(2)20(3)11-14-6-4-5-13(7-14)9-18-16(22)10-19-15(21)8-17;;/h4-7,12H,8-11,17H2,1-3H3,(H,18,22)(H,19,21);2*1H. The Morgan fingerprint density at radius 2 is 1.75 bits per heavy atom. The molecule has 1 rings (SSSR count). The van der Waals surface area contributed by atoms with Gasteiger partial charge in [0.25, 0.3) is 0 Å². The third kappa shape index (κ3) is 9.72. The maximum Gasteiger partial charge on any atom is 0.239 e. The molecular weight excluding hydrogens is 351 g/mol. The minimum absolute atomic E-state index is 0. The molecule has 24 heavy (non-hydrogen) atoms. The second-order valence-corrected chi connectivity index (χ2v) is 5.59. The molecule has 4 N–H and O–H groups in total. The number of nitrogens with one attached hydrogen (secondary N) is 2. The van der Waals surface area contributed by atoms with Gasteiger partial charge in [-0.3, -0.25) is 14.5 Å². The highest BCUT2D eigenvalue weighted by Crippen LogP contribution is 2.09. The first kappa shape index (κ1) is 24.9. The first-order chi connectivity index (χ1) is 10.4. The lowest BCUT2D eigenvalue weighted by Crippen LogP contribution is -2.39. The lowest BCUT2D eigenvalue weighted by molar-refractivity contribution is -0.125. The molecule has 6 nitrogen and oxygen atoms in total. The summed E-state index contributed by atoms with van der Waals surface area (Å²) in [6.45, 7) is 5.45. The van der Waals surface area contributed by atoms with Crippen LogP contribution in [-0.4, -0.2) is 42.9 Å². The van der Waals surface area contributed by atoms with Crippen LogP contribution in [0, 0.1) is 0 Å². The molecule has 1 aromatic carbocycles. The number of hydrogen-bond acceptors (Lipinski definition) is 4. The Morgan fingerprint density at radius 3 is 2.33 bits per heavy atom. The number of halogens is 2. The number of carbonyl (C=O) groups is 2. The van der Waals surface area contributed by atoms with Crippen LogP contribution in [0.25, 0.3) is 0 Å². The number of rotatable bonds is 8. The largest absolute Gasteiger partial charge is 0.350 e.